The quantitative estimate of drug-likeness (QED) is 0.824. The van der Waals surface area contributed by atoms with Crippen LogP contribution in [-0.4, -0.2) is 22.4 Å². The molecule has 2 N–H and O–H groups in total. The third-order valence-electron chi connectivity index (χ3n) is 3.31. The monoisotopic (exact) mass is 316 g/mol. The molecule has 0 aliphatic heterocycles. The van der Waals surface area contributed by atoms with Crippen LogP contribution in [0.2, 0.25) is 0 Å². The molecule has 2 rings (SSSR count). The van der Waals surface area contributed by atoms with Crippen molar-refractivity contribution in [3.63, 3.8) is 0 Å². The van der Waals surface area contributed by atoms with Crippen LogP contribution in [0.4, 0.5) is 10.2 Å². The van der Waals surface area contributed by atoms with Crippen molar-refractivity contribution in [1.29, 1.82) is 0 Å². The van der Waals surface area contributed by atoms with Gasteiger partial charge < -0.3 is 10.6 Å². The molecule has 0 radical (unpaired) electrons. The van der Waals surface area contributed by atoms with E-state index in [0.29, 0.717) is 17.3 Å². The molecule has 0 spiro atoms. The van der Waals surface area contributed by atoms with Gasteiger partial charge in [-0.15, -0.1) is 0 Å². The van der Waals surface area contributed by atoms with Gasteiger partial charge in [0.2, 0.25) is 0 Å². The number of anilines is 1. The third kappa shape index (κ3) is 5.32. The van der Waals surface area contributed by atoms with Crippen molar-refractivity contribution in [2.45, 2.75) is 26.8 Å². The first-order valence-electron chi connectivity index (χ1n) is 7.64. The molecule has 0 aliphatic rings. The first kappa shape index (κ1) is 16.9. The minimum atomic E-state index is -0.380. The molecular formula is C17H21FN4O. The Balaban J connectivity index is 1.86. The summed E-state index contributed by atoms with van der Waals surface area (Å²) in [7, 11) is 0. The lowest BCUT2D eigenvalue weighted by atomic mass is 10.1. The van der Waals surface area contributed by atoms with Crippen LogP contribution in [0.25, 0.3) is 0 Å². The van der Waals surface area contributed by atoms with Gasteiger partial charge in [0.15, 0.2) is 0 Å². The van der Waals surface area contributed by atoms with Crippen molar-refractivity contribution >= 4 is 11.7 Å². The fourth-order valence-electron chi connectivity index (χ4n) is 1.93. The van der Waals surface area contributed by atoms with Crippen LogP contribution in [0.15, 0.2) is 36.7 Å². The third-order valence-corrected chi connectivity index (χ3v) is 3.31. The van der Waals surface area contributed by atoms with Crippen LogP contribution in [0, 0.1) is 11.7 Å². The highest BCUT2D eigenvalue weighted by atomic mass is 19.1. The van der Waals surface area contributed by atoms with Crippen LogP contribution in [0.3, 0.4) is 0 Å². The summed E-state index contributed by atoms with van der Waals surface area (Å²) in [4.78, 5) is 20.2. The number of amides is 1. The molecule has 122 valence electrons. The second-order valence-corrected chi connectivity index (χ2v) is 5.67. The highest BCUT2D eigenvalue weighted by Crippen LogP contribution is 2.07. The van der Waals surface area contributed by atoms with Gasteiger partial charge in [-0.3, -0.25) is 4.79 Å². The fourth-order valence-corrected chi connectivity index (χ4v) is 1.93. The molecule has 23 heavy (non-hydrogen) atoms. The molecule has 1 heterocycles. The molecule has 1 aromatic heterocycles. The zero-order valence-corrected chi connectivity index (χ0v) is 13.3. The van der Waals surface area contributed by atoms with Gasteiger partial charge >= 0.3 is 0 Å². The molecule has 0 bridgehead atoms. The smallest absolute Gasteiger partial charge is 0.271 e. The molecule has 0 atom stereocenters. The Morgan fingerprint density at radius 3 is 2.65 bits per heavy atom. The molecule has 5 nitrogen and oxygen atoms in total. The number of hydrogen-bond acceptors (Lipinski definition) is 4. The SMILES string of the molecule is CC(C)CCNc1cnc(C(=O)NCc2ccccc2F)cn1. The predicted octanol–water partition coefficient (Wildman–Crippen LogP) is 3.00. The van der Waals surface area contributed by atoms with E-state index in [0.717, 1.165) is 13.0 Å². The molecule has 0 saturated carbocycles. The van der Waals surface area contributed by atoms with E-state index in [1.54, 1.807) is 18.2 Å². The molecule has 2 aromatic rings. The van der Waals surface area contributed by atoms with Crippen LogP contribution in [0.5, 0.6) is 0 Å². The number of hydrogen-bond donors (Lipinski definition) is 2. The zero-order valence-electron chi connectivity index (χ0n) is 13.3. The summed E-state index contributed by atoms with van der Waals surface area (Å²) < 4.78 is 13.5. The van der Waals surface area contributed by atoms with Gasteiger partial charge in [0, 0.05) is 18.7 Å². The summed E-state index contributed by atoms with van der Waals surface area (Å²) in [5.41, 5.74) is 0.636. The average molecular weight is 316 g/mol. The van der Waals surface area contributed by atoms with E-state index in [9.17, 15) is 9.18 Å². The Labute approximate surface area is 135 Å². The van der Waals surface area contributed by atoms with Gasteiger partial charge in [-0.2, -0.15) is 0 Å². The predicted molar refractivity (Wildman–Crippen MR) is 87.5 cm³/mol. The highest BCUT2D eigenvalue weighted by molar-refractivity contribution is 5.91. The molecular weight excluding hydrogens is 295 g/mol. The van der Waals surface area contributed by atoms with Crippen LogP contribution >= 0.6 is 0 Å². The minimum absolute atomic E-state index is 0.113. The normalized spacial score (nSPS) is 10.6. The molecule has 1 aromatic carbocycles. The lowest BCUT2D eigenvalue weighted by molar-refractivity contribution is 0.0945. The minimum Gasteiger partial charge on any atom is -0.369 e. The summed E-state index contributed by atoms with van der Waals surface area (Å²) in [6, 6.07) is 6.32. The first-order chi connectivity index (χ1) is 11.1. The van der Waals surface area contributed by atoms with Gasteiger partial charge in [0.25, 0.3) is 5.91 Å². The Kier molecular flexibility index (Phi) is 6.02. The Hall–Kier alpha value is -2.50. The summed E-state index contributed by atoms with van der Waals surface area (Å²) in [5.74, 6) is 0.522. The van der Waals surface area contributed by atoms with Gasteiger partial charge in [-0.25, -0.2) is 14.4 Å². The molecule has 0 unspecified atom stereocenters. The number of benzene rings is 1. The van der Waals surface area contributed by atoms with Crippen molar-refractivity contribution < 1.29 is 9.18 Å². The zero-order chi connectivity index (χ0) is 16.7. The first-order valence-corrected chi connectivity index (χ1v) is 7.64. The number of aromatic nitrogens is 2. The van der Waals surface area contributed by atoms with E-state index in [4.69, 9.17) is 0 Å². The number of nitrogens with zero attached hydrogens (tertiary/aromatic N) is 2. The van der Waals surface area contributed by atoms with Crippen molar-refractivity contribution in [3.05, 3.63) is 53.7 Å². The maximum Gasteiger partial charge on any atom is 0.271 e. The maximum atomic E-state index is 13.5. The molecule has 6 heteroatoms. The Bertz CT molecular complexity index is 643. The Morgan fingerprint density at radius 2 is 2.00 bits per heavy atom. The summed E-state index contributed by atoms with van der Waals surface area (Å²) in [6.45, 7) is 5.22. The number of rotatable bonds is 7. The van der Waals surface area contributed by atoms with Crippen molar-refractivity contribution in [2.75, 3.05) is 11.9 Å². The lowest BCUT2D eigenvalue weighted by Gasteiger charge is -2.08. The second-order valence-electron chi connectivity index (χ2n) is 5.67. The van der Waals surface area contributed by atoms with E-state index >= 15 is 0 Å². The van der Waals surface area contributed by atoms with Crippen molar-refractivity contribution in [3.8, 4) is 0 Å². The van der Waals surface area contributed by atoms with Crippen LogP contribution < -0.4 is 10.6 Å². The summed E-state index contributed by atoms with van der Waals surface area (Å²) in [5, 5.41) is 5.78. The molecule has 1 amide bonds. The van der Waals surface area contributed by atoms with E-state index in [1.165, 1.54) is 18.5 Å². The summed E-state index contributed by atoms with van der Waals surface area (Å²) in [6.07, 6.45) is 3.97. The lowest BCUT2D eigenvalue weighted by Crippen LogP contribution is -2.24. The number of halogens is 1. The van der Waals surface area contributed by atoms with E-state index in [2.05, 4.69) is 34.4 Å². The van der Waals surface area contributed by atoms with Gasteiger partial charge in [-0.05, 0) is 18.4 Å². The molecule has 0 aliphatic carbocycles. The maximum absolute atomic E-state index is 13.5. The van der Waals surface area contributed by atoms with E-state index < -0.39 is 0 Å². The number of carbonyl (C=O) groups is 1. The molecule has 0 fully saturated rings. The van der Waals surface area contributed by atoms with Gasteiger partial charge in [0.05, 0.1) is 12.4 Å². The van der Waals surface area contributed by atoms with E-state index in [1.807, 2.05) is 0 Å². The second kappa shape index (κ2) is 8.22. The van der Waals surface area contributed by atoms with E-state index in [-0.39, 0.29) is 24.0 Å². The summed E-state index contributed by atoms with van der Waals surface area (Å²) >= 11 is 0. The topological polar surface area (TPSA) is 66.9 Å². The largest absolute Gasteiger partial charge is 0.369 e. The highest BCUT2D eigenvalue weighted by Gasteiger charge is 2.09. The Morgan fingerprint density at radius 1 is 1.22 bits per heavy atom. The van der Waals surface area contributed by atoms with Gasteiger partial charge in [0.1, 0.15) is 17.3 Å². The van der Waals surface area contributed by atoms with Gasteiger partial charge in [-0.1, -0.05) is 32.0 Å². The van der Waals surface area contributed by atoms with Crippen LogP contribution in [-0.2, 0) is 6.54 Å². The average Bonchev–Trinajstić information content (AvgIpc) is 2.54. The molecule has 0 saturated heterocycles. The van der Waals surface area contributed by atoms with Crippen LogP contribution in [0.1, 0.15) is 36.3 Å². The standard InChI is InChI=1S/C17H21FN4O/c1-12(2)7-8-19-16-11-20-15(10-21-16)17(23)22-9-13-5-3-4-6-14(13)18/h3-6,10-12H,7-9H2,1-2H3,(H,19,21)(H,22,23). The van der Waals surface area contributed by atoms with Crippen molar-refractivity contribution in [2.24, 2.45) is 5.92 Å². The fraction of sp³-hybridized carbons (Fsp3) is 0.353. The van der Waals surface area contributed by atoms with Crippen molar-refractivity contribution in [1.82, 2.24) is 15.3 Å². The number of carbonyl (C=O) groups excluding carboxylic acids is 1. The number of nitrogens with one attached hydrogen (secondary N) is 2.